The van der Waals surface area contributed by atoms with E-state index < -0.39 is 0 Å². The number of rotatable bonds is 2. The third-order valence-electron chi connectivity index (χ3n) is 2.53. The highest BCUT2D eigenvalue weighted by Crippen LogP contribution is 2.28. The van der Waals surface area contributed by atoms with Crippen LogP contribution in [0.2, 0.25) is 0 Å². The smallest absolute Gasteiger partial charge is 0.309 e. The van der Waals surface area contributed by atoms with Gasteiger partial charge in [0.2, 0.25) is 0 Å². The lowest BCUT2D eigenvalue weighted by Gasteiger charge is -2.06. The largest absolute Gasteiger partial charge is 0.507 e. The Morgan fingerprint density at radius 3 is 2.82 bits per heavy atom. The molecule has 3 nitrogen and oxygen atoms in total. The van der Waals surface area contributed by atoms with Gasteiger partial charge < -0.3 is 9.84 Å². The fourth-order valence-corrected chi connectivity index (χ4v) is 2.20. The average molecular weight is 342 g/mol. The first kappa shape index (κ1) is 12.2. The van der Waals surface area contributed by atoms with E-state index in [2.05, 4.69) is 27.3 Å². The summed E-state index contributed by atoms with van der Waals surface area (Å²) in [7, 11) is 1.35. The van der Waals surface area contributed by atoms with E-state index in [0.717, 1.165) is 19.9 Å². The summed E-state index contributed by atoms with van der Waals surface area (Å²) in [5.41, 5.74) is 0.753. The Bertz CT molecular complexity index is 578. The molecule has 0 spiro atoms. The molecule has 0 aliphatic carbocycles. The normalized spacial score (nSPS) is 10.5. The van der Waals surface area contributed by atoms with Crippen LogP contribution in [-0.4, -0.2) is 18.2 Å². The molecular formula is C13H11IO3. The summed E-state index contributed by atoms with van der Waals surface area (Å²) in [6.45, 7) is 0. The molecule has 4 heteroatoms. The van der Waals surface area contributed by atoms with Gasteiger partial charge >= 0.3 is 5.97 Å². The van der Waals surface area contributed by atoms with Crippen LogP contribution in [0.1, 0.15) is 5.56 Å². The number of benzene rings is 2. The van der Waals surface area contributed by atoms with Crippen LogP contribution in [0.5, 0.6) is 5.75 Å². The molecule has 0 unspecified atom stereocenters. The lowest BCUT2D eigenvalue weighted by atomic mass is 10.0. The van der Waals surface area contributed by atoms with Gasteiger partial charge in [-0.1, -0.05) is 12.1 Å². The summed E-state index contributed by atoms with van der Waals surface area (Å²) >= 11 is 2.19. The molecular weight excluding hydrogens is 331 g/mol. The van der Waals surface area contributed by atoms with Crippen molar-refractivity contribution in [3.63, 3.8) is 0 Å². The van der Waals surface area contributed by atoms with Crippen LogP contribution in [0.3, 0.4) is 0 Å². The molecule has 0 bridgehead atoms. The third kappa shape index (κ3) is 2.69. The van der Waals surface area contributed by atoms with Gasteiger partial charge in [0.05, 0.1) is 13.5 Å². The monoisotopic (exact) mass is 342 g/mol. The Labute approximate surface area is 113 Å². The number of ether oxygens (including phenoxy) is 1. The molecule has 88 valence electrons. The highest BCUT2D eigenvalue weighted by atomic mass is 127. The van der Waals surface area contributed by atoms with Crippen LogP contribution in [0, 0.1) is 3.57 Å². The molecule has 0 atom stereocenters. The number of phenolic OH excluding ortho intramolecular Hbond substituents is 1. The second-order valence-electron chi connectivity index (χ2n) is 3.73. The maximum Gasteiger partial charge on any atom is 0.309 e. The Morgan fingerprint density at radius 1 is 1.35 bits per heavy atom. The van der Waals surface area contributed by atoms with Gasteiger partial charge in [-0.15, -0.1) is 0 Å². The predicted octanol–water partition coefficient (Wildman–Crippen LogP) is 2.87. The van der Waals surface area contributed by atoms with E-state index in [1.807, 2.05) is 24.3 Å². The number of aromatic hydroxyl groups is 1. The molecule has 0 radical (unpaired) electrons. The molecule has 0 aromatic heterocycles. The SMILES string of the molecule is COC(=O)Cc1cc(O)c2cc(I)ccc2c1. The van der Waals surface area contributed by atoms with Gasteiger partial charge in [0.15, 0.2) is 0 Å². The molecule has 0 saturated heterocycles. The van der Waals surface area contributed by atoms with Crippen LogP contribution >= 0.6 is 22.6 Å². The van der Waals surface area contributed by atoms with E-state index >= 15 is 0 Å². The average Bonchev–Trinajstić information content (AvgIpc) is 2.30. The number of fused-ring (bicyclic) bond motifs is 1. The Morgan fingerprint density at radius 2 is 2.12 bits per heavy atom. The predicted molar refractivity (Wildman–Crippen MR) is 74.0 cm³/mol. The molecule has 17 heavy (non-hydrogen) atoms. The van der Waals surface area contributed by atoms with Crippen molar-refractivity contribution in [3.8, 4) is 5.75 Å². The number of methoxy groups -OCH3 is 1. The minimum atomic E-state index is -0.311. The zero-order valence-corrected chi connectivity index (χ0v) is 11.4. The maximum atomic E-state index is 11.2. The van der Waals surface area contributed by atoms with E-state index in [0.29, 0.717) is 0 Å². The molecule has 0 aliphatic heterocycles. The van der Waals surface area contributed by atoms with Gasteiger partial charge in [0.1, 0.15) is 5.75 Å². The maximum absolute atomic E-state index is 11.2. The summed E-state index contributed by atoms with van der Waals surface area (Å²) < 4.78 is 5.66. The van der Waals surface area contributed by atoms with Crippen molar-refractivity contribution in [1.29, 1.82) is 0 Å². The first-order chi connectivity index (χ1) is 8.10. The van der Waals surface area contributed by atoms with Crippen LogP contribution in [0.25, 0.3) is 10.8 Å². The number of carbonyl (C=O) groups excluding carboxylic acids is 1. The quantitative estimate of drug-likeness (QED) is 0.674. The van der Waals surface area contributed by atoms with Crippen molar-refractivity contribution in [1.82, 2.24) is 0 Å². The molecule has 0 fully saturated rings. The van der Waals surface area contributed by atoms with E-state index in [-0.39, 0.29) is 18.1 Å². The van der Waals surface area contributed by atoms with Gasteiger partial charge in [-0.3, -0.25) is 4.79 Å². The van der Waals surface area contributed by atoms with E-state index in [1.54, 1.807) is 6.07 Å². The number of halogens is 1. The fourth-order valence-electron chi connectivity index (χ4n) is 1.71. The summed E-state index contributed by atoms with van der Waals surface area (Å²) in [6, 6.07) is 9.30. The van der Waals surface area contributed by atoms with E-state index in [9.17, 15) is 9.90 Å². The number of phenols is 1. The molecule has 0 saturated carbocycles. The number of hydrogen-bond acceptors (Lipinski definition) is 3. The first-order valence-electron chi connectivity index (χ1n) is 5.08. The molecule has 0 aliphatic rings. The highest BCUT2D eigenvalue weighted by molar-refractivity contribution is 14.1. The lowest BCUT2D eigenvalue weighted by molar-refractivity contribution is -0.139. The van der Waals surface area contributed by atoms with Crippen molar-refractivity contribution in [2.24, 2.45) is 0 Å². The molecule has 1 N–H and O–H groups in total. The minimum Gasteiger partial charge on any atom is -0.507 e. The first-order valence-corrected chi connectivity index (χ1v) is 6.16. The van der Waals surface area contributed by atoms with E-state index in [1.165, 1.54) is 7.11 Å². The second-order valence-corrected chi connectivity index (χ2v) is 4.98. The van der Waals surface area contributed by atoms with Crippen molar-refractivity contribution in [3.05, 3.63) is 39.5 Å². The molecule has 0 amide bonds. The molecule has 2 aromatic rings. The zero-order chi connectivity index (χ0) is 12.4. The fraction of sp³-hybridized carbons (Fsp3) is 0.154. The summed E-state index contributed by atoms with van der Waals surface area (Å²) in [5, 5.41) is 11.6. The second kappa shape index (κ2) is 4.91. The van der Waals surface area contributed by atoms with Crippen molar-refractivity contribution >= 4 is 39.3 Å². The molecule has 2 rings (SSSR count). The van der Waals surface area contributed by atoms with Crippen LogP contribution in [0.4, 0.5) is 0 Å². The summed E-state index contributed by atoms with van der Waals surface area (Å²) in [4.78, 5) is 11.2. The Balaban J connectivity index is 2.48. The number of esters is 1. The number of hydrogen-bond donors (Lipinski definition) is 1. The van der Waals surface area contributed by atoms with E-state index in [4.69, 9.17) is 0 Å². The van der Waals surface area contributed by atoms with Gasteiger partial charge in [0, 0.05) is 8.96 Å². The minimum absolute atomic E-state index is 0.173. The molecule has 2 aromatic carbocycles. The van der Waals surface area contributed by atoms with Gasteiger partial charge in [-0.2, -0.15) is 0 Å². The van der Waals surface area contributed by atoms with Gasteiger partial charge in [0.25, 0.3) is 0 Å². The zero-order valence-electron chi connectivity index (χ0n) is 9.24. The summed E-state index contributed by atoms with van der Waals surface area (Å²) in [6.07, 6.45) is 0.173. The van der Waals surface area contributed by atoms with Gasteiger partial charge in [-0.25, -0.2) is 0 Å². The van der Waals surface area contributed by atoms with Gasteiger partial charge in [-0.05, 0) is 51.7 Å². The van der Waals surface area contributed by atoms with Crippen LogP contribution in [0.15, 0.2) is 30.3 Å². The molecule has 0 heterocycles. The third-order valence-corrected chi connectivity index (χ3v) is 3.20. The van der Waals surface area contributed by atoms with Crippen LogP contribution < -0.4 is 0 Å². The topological polar surface area (TPSA) is 46.5 Å². The summed E-state index contributed by atoms with van der Waals surface area (Å²) in [5.74, 6) is -0.116. The lowest BCUT2D eigenvalue weighted by Crippen LogP contribution is -2.04. The Kier molecular flexibility index (Phi) is 3.51. The van der Waals surface area contributed by atoms with Crippen LogP contribution in [-0.2, 0) is 16.0 Å². The Hall–Kier alpha value is -1.30. The van der Waals surface area contributed by atoms with Crippen molar-refractivity contribution in [2.75, 3.05) is 7.11 Å². The van der Waals surface area contributed by atoms with Crippen molar-refractivity contribution in [2.45, 2.75) is 6.42 Å². The number of carbonyl (C=O) groups is 1. The van der Waals surface area contributed by atoms with Crippen molar-refractivity contribution < 1.29 is 14.6 Å². The standard InChI is InChI=1S/C13H11IO3/c1-17-13(16)6-8-4-9-2-3-10(14)7-11(9)12(15)5-8/h2-5,7,15H,6H2,1H3. The highest BCUT2D eigenvalue weighted by Gasteiger charge is 2.07.